The number of ketones is 1. The van der Waals surface area contributed by atoms with E-state index in [0.717, 1.165) is 12.8 Å². The lowest BCUT2D eigenvalue weighted by atomic mass is 10.1. The largest absolute Gasteiger partial charge is 0.443 e. The summed E-state index contributed by atoms with van der Waals surface area (Å²) in [5.74, 6) is -1.11. The first kappa shape index (κ1) is 17.9. The number of amides is 1. The second-order valence-electron chi connectivity index (χ2n) is 6.66. The van der Waals surface area contributed by atoms with E-state index in [-0.39, 0.29) is 23.4 Å². The Morgan fingerprint density at radius 1 is 1.15 bits per heavy atom. The highest BCUT2D eigenvalue weighted by atomic mass is 16.5. The van der Waals surface area contributed by atoms with Crippen LogP contribution in [0.5, 0.6) is 0 Å². The lowest BCUT2D eigenvalue weighted by Gasteiger charge is -2.18. The van der Waals surface area contributed by atoms with Crippen molar-refractivity contribution in [2.24, 2.45) is 0 Å². The van der Waals surface area contributed by atoms with Gasteiger partial charge in [0, 0.05) is 22.9 Å². The fourth-order valence-electron chi connectivity index (χ4n) is 3.05. The Morgan fingerprint density at radius 2 is 1.81 bits per heavy atom. The van der Waals surface area contributed by atoms with Crippen molar-refractivity contribution in [1.82, 2.24) is 10.3 Å². The summed E-state index contributed by atoms with van der Waals surface area (Å²) in [4.78, 5) is 40.0. The molecule has 2 N–H and O–H groups in total. The van der Waals surface area contributed by atoms with Gasteiger partial charge in [-0.25, -0.2) is 4.79 Å². The van der Waals surface area contributed by atoms with Crippen LogP contribution in [0, 0.1) is 13.8 Å². The summed E-state index contributed by atoms with van der Waals surface area (Å²) in [5, 5.41) is 2.88. The highest BCUT2D eigenvalue weighted by Crippen LogP contribution is 2.25. The highest BCUT2D eigenvalue weighted by molar-refractivity contribution is 6.01. The number of aryl methyl sites for hydroxylation is 1. The molecule has 1 aliphatic rings. The summed E-state index contributed by atoms with van der Waals surface area (Å²) >= 11 is 0. The predicted molar refractivity (Wildman–Crippen MR) is 96.0 cm³/mol. The number of carbonyl (C=O) groups excluding carboxylic acids is 3. The average molecular weight is 354 g/mol. The number of aromatic nitrogens is 1. The van der Waals surface area contributed by atoms with Gasteiger partial charge in [0.25, 0.3) is 5.91 Å². The summed E-state index contributed by atoms with van der Waals surface area (Å²) in [6.45, 7) is 4.88. The van der Waals surface area contributed by atoms with E-state index in [0.29, 0.717) is 22.4 Å². The van der Waals surface area contributed by atoms with Gasteiger partial charge in [0.05, 0.1) is 0 Å². The summed E-state index contributed by atoms with van der Waals surface area (Å²) in [6, 6.07) is 9.07. The Bertz CT molecular complexity index is 850. The van der Waals surface area contributed by atoms with E-state index in [1.165, 1.54) is 6.92 Å². The van der Waals surface area contributed by atoms with Crippen molar-refractivity contribution in [3.05, 3.63) is 58.4 Å². The Labute approximate surface area is 151 Å². The van der Waals surface area contributed by atoms with E-state index in [9.17, 15) is 14.4 Å². The average Bonchev–Trinajstić information content (AvgIpc) is 3.36. The number of benzene rings is 1. The molecule has 1 amide bonds. The molecule has 6 heteroatoms. The van der Waals surface area contributed by atoms with Crippen LogP contribution in [0.15, 0.2) is 30.3 Å². The fourth-order valence-corrected chi connectivity index (χ4v) is 3.05. The van der Waals surface area contributed by atoms with Crippen molar-refractivity contribution in [2.45, 2.75) is 45.8 Å². The Morgan fingerprint density at radius 3 is 2.35 bits per heavy atom. The molecular formula is C20H22N2O4. The van der Waals surface area contributed by atoms with Crippen LogP contribution < -0.4 is 5.32 Å². The number of aromatic amines is 1. The molecule has 1 saturated carbocycles. The molecule has 6 nitrogen and oxygen atoms in total. The Balaban J connectivity index is 1.86. The maximum absolute atomic E-state index is 12.7. The Kier molecular flexibility index (Phi) is 4.93. The van der Waals surface area contributed by atoms with Crippen molar-refractivity contribution in [2.75, 3.05) is 0 Å². The van der Waals surface area contributed by atoms with Gasteiger partial charge in [-0.1, -0.05) is 30.3 Å². The zero-order valence-electron chi connectivity index (χ0n) is 15.1. The molecule has 0 radical (unpaired) electrons. The number of rotatable bonds is 6. The zero-order valence-corrected chi connectivity index (χ0v) is 15.1. The highest BCUT2D eigenvalue weighted by Gasteiger charge is 2.32. The quantitative estimate of drug-likeness (QED) is 0.616. The van der Waals surface area contributed by atoms with E-state index in [1.54, 1.807) is 38.1 Å². The lowest BCUT2D eigenvalue weighted by Crippen LogP contribution is -2.33. The van der Waals surface area contributed by atoms with Gasteiger partial charge in [-0.3, -0.25) is 9.59 Å². The number of H-pyrrole nitrogens is 1. The molecule has 3 rings (SSSR count). The fraction of sp³-hybridized carbons (Fsp3) is 0.350. The van der Waals surface area contributed by atoms with Crippen molar-refractivity contribution in [3.8, 4) is 0 Å². The molecule has 0 bridgehead atoms. The van der Waals surface area contributed by atoms with Crippen LogP contribution in [0.2, 0.25) is 0 Å². The first-order valence-corrected chi connectivity index (χ1v) is 8.65. The molecule has 2 aromatic rings. The molecule has 1 fully saturated rings. The number of hydrogen-bond acceptors (Lipinski definition) is 4. The van der Waals surface area contributed by atoms with Crippen molar-refractivity contribution in [3.63, 3.8) is 0 Å². The van der Waals surface area contributed by atoms with Gasteiger partial charge in [-0.05, 0) is 39.2 Å². The van der Waals surface area contributed by atoms with Gasteiger partial charge in [0.15, 0.2) is 5.78 Å². The molecule has 1 aliphatic carbocycles. The standard InChI is InChI=1S/C20H22N2O4/c1-11-16(13(3)23)12(2)21-17(11)20(25)26-18(14-7-5-4-6-8-14)19(24)22-15-9-10-15/h4-8,15,18,21H,9-10H2,1-3H3,(H,22,24)/t18-/m1/s1. The summed E-state index contributed by atoms with van der Waals surface area (Å²) in [5.41, 5.74) is 2.44. The van der Waals surface area contributed by atoms with Gasteiger partial charge < -0.3 is 15.0 Å². The maximum Gasteiger partial charge on any atom is 0.356 e. The topological polar surface area (TPSA) is 88.3 Å². The van der Waals surface area contributed by atoms with Gasteiger partial charge >= 0.3 is 5.97 Å². The number of Topliss-reactive ketones (excluding diaryl/α,β-unsaturated/α-hetero) is 1. The van der Waals surface area contributed by atoms with Gasteiger partial charge in [0.1, 0.15) is 5.69 Å². The van der Waals surface area contributed by atoms with Crippen LogP contribution in [0.1, 0.15) is 63.5 Å². The van der Waals surface area contributed by atoms with Crippen LogP contribution in [0.3, 0.4) is 0 Å². The number of nitrogens with one attached hydrogen (secondary N) is 2. The molecule has 1 atom stereocenters. The second kappa shape index (κ2) is 7.15. The third kappa shape index (κ3) is 3.69. The lowest BCUT2D eigenvalue weighted by molar-refractivity contribution is -0.130. The maximum atomic E-state index is 12.7. The smallest absolute Gasteiger partial charge is 0.356 e. The minimum atomic E-state index is -1.03. The van der Waals surface area contributed by atoms with Gasteiger partial charge in [-0.15, -0.1) is 0 Å². The number of ether oxygens (including phenoxy) is 1. The number of esters is 1. The molecule has 26 heavy (non-hydrogen) atoms. The summed E-state index contributed by atoms with van der Waals surface area (Å²) in [7, 11) is 0. The van der Waals surface area contributed by atoms with E-state index in [2.05, 4.69) is 10.3 Å². The monoisotopic (exact) mass is 354 g/mol. The third-order valence-corrected chi connectivity index (χ3v) is 4.48. The predicted octanol–water partition coefficient (Wildman–Crippen LogP) is 3.01. The van der Waals surface area contributed by atoms with Crippen molar-refractivity contribution < 1.29 is 19.1 Å². The molecule has 0 saturated heterocycles. The van der Waals surface area contributed by atoms with Crippen LogP contribution in [-0.4, -0.2) is 28.7 Å². The first-order chi connectivity index (χ1) is 12.4. The number of carbonyl (C=O) groups is 3. The summed E-state index contributed by atoms with van der Waals surface area (Å²) in [6.07, 6.45) is 0.851. The molecule has 0 unspecified atom stereocenters. The first-order valence-electron chi connectivity index (χ1n) is 8.65. The van der Waals surface area contributed by atoms with Crippen molar-refractivity contribution >= 4 is 17.7 Å². The second-order valence-corrected chi connectivity index (χ2v) is 6.66. The van der Waals surface area contributed by atoms with Crippen LogP contribution in [0.25, 0.3) is 0 Å². The Hall–Kier alpha value is -2.89. The third-order valence-electron chi connectivity index (χ3n) is 4.48. The molecular weight excluding hydrogens is 332 g/mol. The van der Waals surface area contributed by atoms with Gasteiger partial charge in [0.2, 0.25) is 6.10 Å². The minimum absolute atomic E-state index is 0.124. The minimum Gasteiger partial charge on any atom is -0.443 e. The van der Waals surface area contributed by atoms with E-state index >= 15 is 0 Å². The number of hydrogen-bond donors (Lipinski definition) is 2. The zero-order chi connectivity index (χ0) is 18.8. The molecule has 1 heterocycles. The molecule has 1 aromatic heterocycles. The molecule has 1 aromatic carbocycles. The van der Waals surface area contributed by atoms with Gasteiger partial charge in [-0.2, -0.15) is 0 Å². The molecule has 0 spiro atoms. The summed E-state index contributed by atoms with van der Waals surface area (Å²) < 4.78 is 5.55. The molecule has 136 valence electrons. The van der Waals surface area contributed by atoms with Crippen LogP contribution in [0.4, 0.5) is 0 Å². The van der Waals surface area contributed by atoms with Crippen LogP contribution in [-0.2, 0) is 9.53 Å². The van der Waals surface area contributed by atoms with E-state index < -0.39 is 12.1 Å². The van der Waals surface area contributed by atoms with E-state index in [4.69, 9.17) is 4.74 Å². The normalized spacial score (nSPS) is 14.6. The molecule has 0 aliphatic heterocycles. The van der Waals surface area contributed by atoms with Crippen molar-refractivity contribution in [1.29, 1.82) is 0 Å². The SMILES string of the molecule is CC(=O)c1c(C)[nH]c(C(=O)O[C@@H](C(=O)NC2CC2)c2ccccc2)c1C. The van der Waals surface area contributed by atoms with Crippen LogP contribution >= 0.6 is 0 Å². The van der Waals surface area contributed by atoms with E-state index in [1.807, 2.05) is 6.07 Å².